The lowest BCUT2D eigenvalue weighted by molar-refractivity contribution is 0.0700. The van der Waals surface area contributed by atoms with Crippen LogP contribution in [-0.2, 0) is 6.42 Å². The van der Waals surface area contributed by atoms with Gasteiger partial charge in [-0.25, -0.2) is 0 Å². The van der Waals surface area contributed by atoms with Crippen LogP contribution in [0.2, 0.25) is 0 Å². The van der Waals surface area contributed by atoms with E-state index in [4.69, 9.17) is 4.52 Å². The van der Waals surface area contributed by atoms with Crippen LogP contribution in [0.3, 0.4) is 0 Å². The molecule has 1 saturated carbocycles. The summed E-state index contributed by atoms with van der Waals surface area (Å²) in [5.74, 6) is 1.64. The molecule has 1 aromatic heterocycles. The Morgan fingerprint density at radius 3 is 2.94 bits per heavy atom. The number of fused-ring (bicyclic) bond motifs is 2. The number of hydrogen-bond acceptors (Lipinski definition) is 3. The van der Waals surface area contributed by atoms with Gasteiger partial charge in [-0.05, 0) is 38.5 Å². The van der Waals surface area contributed by atoms with Gasteiger partial charge in [-0.15, -0.1) is 0 Å². The highest BCUT2D eigenvalue weighted by Crippen LogP contribution is 2.38. The molecule has 98 valence electrons. The zero-order valence-corrected chi connectivity index (χ0v) is 11.1. The van der Waals surface area contributed by atoms with E-state index in [0.29, 0.717) is 6.04 Å². The first-order chi connectivity index (χ1) is 8.70. The predicted molar refractivity (Wildman–Crippen MR) is 67.4 cm³/mol. The molecule has 18 heavy (non-hydrogen) atoms. The van der Waals surface area contributed by atoms with E-state index in [1.54, 1.807) is 0 Å². The third-order valence-corrected chi connectivity index (χ3v) is 4.29. The van der Waals surface area contributed by atoms with Crippen LogP contribution < -0.4 is 0 Å². The van der Waals surface area contributed by atoms with Crippen molar-refractivity contribution >= 4 is 5.91 Å². The summed E-state index contributed by atoms with van der Waals surface area (Å²) in [5, 5.41) is 3.97. The molecule has 1 saturated heterocycles. The van der Waals surface area contributed by atoms with Crippen LogP contribution in [0.4, 0.5) is 0 Å². The molecule has 2 heterocycles. The molecule has 0 radical (unpaired) electrons. The summed E-state index contributed by atoms with van der Waals surface area (Å²) >= 11 is 0. The largest absolute Gasteiger partial charge is 0.360 e. The molecule has 2 unspecified atom stereocenters. The van der Waals surface area contributed by atoms with Gasteiger partial charge in [0.05, 0.1) is 5.69 Å². The molecule has 1 amide bonds. The van der Waals surface area contributed by atoms with Gasteiger partial charge in [-0.2, -0.15) is 0 Å². The number of carbonyl (C=O) groups excluding carboxylic acids is 1. The van der Waals surface area contributed by atoms with Gasteiger partial charge in [0.25, 0.3) is 5.91 Å². The van der Waals surface area contributed by atoms with Gasteiger partial charge in [-0.3, -0.25) is 4.79 Å². The first-order valence-corrected chi connectivity index (χ1v) is 6.96. The van der Waals surface area contributed by atoms with Gasteiger partial charge < -0.3 is 9.42 Å². The SMILES string of the molecule is CCCc1onc(C)c1C(=O)N1CC2CCC1C2. The van der Waals surface area contributed by atoms with Crippen LogP contribution in [0, 0.1) is 12.8 Å². The Kier molecular flexibility index (Phi) is 2.88. The van der Waals surface area contributed by atoms with Gasteiger partial charge in [0.1, 0.15) is 11.3 Å². The van der Waals surface area contributed by atoms with Crippen LogP contribution in [-0.4, -0.2) is 28.6 Å². The monoisotopic (exact) mass is 248 g/mol. The number of nitrogens with zero attached hydrogens (tertiary/aromatic N) is 2. The maximum atomic E-state index is 12.6. The van der Waals surface area contributed by atoms with Crippen molar-refractivity contribution in [3.05, 3.63) is 17.0 Å². The summed E-state index contributed by atoms with van der Waals surface area (Å²) in [5.41, 5.74) is 1.47. The van der Waals surface area contributed by atoms with Crippen molar-refractivity contribution in [1.29, 1.82) is 0 Å². The van der Waals surface area contributed by atoms with Crippen molar-refractivity contribution in [2.45, 2.75) is 52.0 Å². The molecule has 4 heteroatoms. The average Bonchev–Trinajstić information content (AvgIpc) is 3.04. The van der Waals surface area contributed by atoms with E-state index < -0.39 is 0 Å². The van der Waals surface area contributed by atoms with Crippen molar-refractivity contribution in [3.8, 4) is 0 Å². The van der Waals surface area contributed by atoms with Crippen molar-refractivity contribution in [2.24, 2.45) is 5.92 Å². The minimum atomic E-state index is 0.143. The second kappa shape index (κ2) is 4.41. The number of rotatable bonds is 3. The van der Waals surface area contributed by atoms with E-state index >= 15 is 0 Å². The van der Waals surface area contributed by atoms with Gasteiger partial charge in [-0.1, -0.05) is 12.1 Å². The lowest BCUT2D eigenvalue weighted by Gasteiger charge is -2.26. The molecule has 2 fully saturated rings. The van der Waals surface area contributed by atoms with Gasteiger partial charge in [0, 0.05) is 19.0 Å². The fourth-order valence-electron chi connectivity index (χ4n) is 3.41. The average molecular weight is 248 g/mol. The Bertz CT molecular complexity index is 466. The summed E-state index contributed by atoms with van der Waals surface area (Å²) in [6, 6.07) is 0.464. The van der Waals surface area contributed by atoms with Crippen LogP contribution in [0.25, 0.3) is 0 Å². The van der Waals surface area contributed by atoms with Crippen LogP contribution in [0.5, 0.6) is 0 Å². The Labute approximate surface area is 107 Å². The first-order valence-electron chi connectivity index (χ1n) is 6.96. The van der Waals surface area contributed by atoms with Gasteiger partial charge in [0.2, 0.25) is 0 Å². The maximum absolute atomic E-state index is 12.6. The highest BCUT2D eigenvalue weighted by atomic mass is 16.5. The smallest absolute Gasteiger partial charge is 0.259 e. The van der Waals surface area contributed by atoms with Gasteiger partial charge in [0.15, 0.2) is 0 Å². The second-order valence-electron chi connectivity index (χ2n) is 5.61. The zero-order chi connectivity index (χ0) is 12.7. The molecule has 4 nitrogen and oxygen atoms in total. The molecule has 1 aliphatic heterocycles. The number of piperidine rings is 1. The van der Waals surface area contributed by atoms with Gasteiger partial charge >= 0.3 is 0 Å². The molecule has 1 aliphatic carbocycles. The van der Waals surface area contributed by atoms with Crippen molar-refractivity contribution in [2.75, 3.05) is 6.54 Å². The number of amides is 1. The number of aryl methyl sites for hydroxylation is 2. The summed E-state index contributed by atoms with van der Waals surface area (Å²) in [4.78, 5) is 14.7. The fourth-order valence-corrected chi connectivity index (χ4v) is 3.41. The predicted octanol–water partition coefficient (Wildman–Crippen LogP) is 2.56. The number of aromatic nitrogens is 1. The maximum Gasteiger partial charge on any atom is 0.259 e. The van der Waals surface area contributed by atoms with E-state index in [-0.39, 0.29) is 5.91 Å². The Balaban J connectivity index is 1.86. The molecular formula is C14H20N2O2. The van der Waals surface area contributed by atoms with E-state index in [1.807, 2.05) is 11.8 Å². The molecular weight excluding hydrogens is 228 g/mol. The summed E-state index contributed by atoms with van der Waals surface area (Å²) in [6.45, 7) is 4.88. The topological polar surface area (TPSA) is 46.3 Å². The van der Waals surface area contributed by atoms with Crippen LogP contribution in [0.1, 0.15) is 54.4 Å². The summed E-state index contributed by atoms with van der Waals surface area (Å²) in [7, 11) is 0. The van der Waals surface area contributed by atoms with Crippen molar-refractivity contribution in [3.63, 3.8) is 0 Å². The molecule has 1 aromatic rings. The number of hydrogen-bond donors (Lipinski definition) is 0. The van der Waals surface area contributed by atoms with Crippen molar-refractivity contribution in [1.82, 2.24) is 10.1 Å². The highest BCUT2D eigenvalue weighted by molar-refractivity contribution is 5.96. The second-order valence-corrected chi connectivity index (χ2v) is 5.61. The van der Waals surface area contributed by atoms with E-state index in [9.17, 15) is 4.79 Å². The minimum absolute atomic E-state index is 0.143. The van der Waals surface area contributed by atoms with Crippen LogP contribution >= 0.6 is 0 Å². The van der Waals surface area contributed by atoms with E-state index in [2.05, 4.69) is 12.1 Å². The molecule has 3 rings (SSSR count). The van der Waals surface area contributed by atoms with E-state index in [0.717, 1.165) is 42.3 Å². The first kappa shape index (κ1) is 11.8. The quantitative estimate of drug-likeness (QED) is 0.826. The van der Waals surface area contributed by atoms with E-state index in [1.165, 1.54) is 19.3 Å². The lowest BCUT2D eigenvalue weighted by atomic mass is 10.1. The van der Waals surface area contributed by atoms with Crippen molar-refractivity contribution < 1.29 is 9.32 Å². The third-order valence-electron chi connectivity index (χ3n) is 4.29. The zero-order valence-electron chi connectivity index (χ0n) is 11.1. The number of carbonyl (C=O) groups is 1. The molecule has 0 aromatic carbocycles. The van der Waals surface area contributed by atoms with Crippen LogP contribution in [0.15, 0.2) is 4.52 Å². The summed E-state index contributed by atoms with van der Waals surface area (Å²) < 4.78 is 5.30. The Morgan fingerprint density at radius 2 is 2.33 bits per heavy atom. The molecule has 2 bridgehead atoms. The molecule has 0 N–H and O–H groups in total. The summed E-state index contributed by atoms with van der Waals surface area (Å²) in [6.07, 6.45) is 5.42. The Morgan fingerprint density at radius 1 is 1.50 bits per heavy atom. The highest BCUT2D eigenvalue weighted by Gasteiger charge is 2.41. The minimum Gasteiger partial charge on any atom is -0.360 e. The Hall–Kier alpha value is -1.32. The molecule has 0 spiro atoms. The standard InChI is InChI=1S/C14H20N2O2/c1-3-4-12-13(9(2)15-18-12)14(17)16-8-10-5-6-11(16)7-10/h10-11H,3-8H2,1-2H3. The number of likely N-dealkylation sites (tertiary alicyclic amines) is 1. The molecule has 2 aliphatic rings. The third kappa shape index (κ3) is 1.74. The normalized spacial score (nSPS) is 26.0. The fraction of sp³-hybridized carbons (Fsp3) is 0.714. The molecule has 2 atom stereocenters. The lowest BCUT2D eigenvalue weighted by Crippen LogP contribution is -2.38.